The molecule has 2 heterocycles. The molecule has 1 N–H and O–H groups in total. The molecule has 0 aliphatic carbocycles. The van der Waals surface area contributed by atoms with Crippen LogP contribution in [-0.2, 0) is 16.1 Å². The van der Waals surface area contributed by atoms with Crippen molar-refractivity contribution >= 4 is 23.8 Å². The van der Waals surface area contributed by atoms with Crippen LogP contribution in [0.3, 0.4) is 0 Å². The van der Waals surface area contributed by atoms with Crippen molar-refractivity contribution in [3.8, 4) is 17.1 Å². The molecule has 3 rings (SSSR count). The minimum atomic E-state index is -0.285. The van der Waals surface area contributed by atoms with E-state index in [0.717, 1.165) is 24.2 Å². The van der Waals surface area contributed by atoms with Crippen LogP contribution in [0.25, 0.3) is 11.4 Å². The summed E-state index contributed by atoms with van der Waals surface area (Å²) >= 11 is 1.36. The molecule has 0 atom stereocenters. The molecule has 1 saturated heterocycles. The Morgan fingerprint density at radius 3 is 2.61 bits per heavy atom. The third-order valence-corrected chi connectivity index (χ3v) is 6.07. The van der Waals surface area contributed by atoms with E-state index in [1.165, 1.54) is 11.8 Å². The summed E-state index contributed by atoms with van der Waals surface area (Å²) in [6.45, 7) is 6.03. The van der Waals surface area contributed by atoms with Crippen LogP contribution in [0.2, 0.25) is 0 Å². The lowest BCUT2D eigenvalue weighted by Crippen LogP contribution is -2.47. The number of rotatable bonds is 8. The molecule has 0 unspecified atom stereocenters. The van der Waals surface area contributed by atoms with Crippen LogP contribution in [0.4, 0.5) is 4.79 Å². The van der Waals surface area contributed by atoms with E-state index in [1.54, 1.807) is 18.9 Å². The molecule has 1 aromatic carbocycles. The first-order valence-electron chi connectivity index (χ1n) is 10.5. The number of aromatic nitrogens is 3. The quantitative estimate of drug-likeness (QED) is 0.621. The van der Waals surface area contributed by atoms with Gasteiger partial charge in [0.2, 0.25) is 5.91 Å². The van der Waals surface area contributed by atoms with E-state index in [-0.39, 0.29) is 23.8 Å². The van der Waals surface area contributed by atoms with Crippen LogP contribution in [0.1, 0.15) is 26.7 Å². The summed E-state index contributed by atoms with van der Waals surface area (Å²) in [7, 11) is 1.63. The van der Waals surface area contributed by atoms with E-state index in [1.807, 2.05) is 35.8 Å². The summed E-state index contributed by atoms with van der Waals surface area (Å²) in [6.07, 6.45) is 1.16. The summed E-state index contributed by atoms with van der Waals surface area (Å²) in [6, 6.07) is 7.73. The van der Waals surface area contributed by atoms with E-state index >= 15 is 0 Å². The van der Waals surface area contributed by atoms with Gasteiger partial charge < -0.3 is 24.3 Å². The number of carbonyl (C=O) groups excluding carboxylic acids is 2. The number of ether oxygens (including phenoxy) is 2. The highest BCUT2D eigenvalue weighted by Gasteiger charge is 2.25. The van der Waals surface area contributed by atoms with Crippen LogP contribution in [-0.4, -0.2) is 70.3 Å². The number of benzene rings is 1. The summed E-state index contributed by atoms with van der Waals surface area (Å²) in [5, 5.41) is 12.4. The Kier molecular flexibility index (Phi) is 8.16. The largest absolute Gasteiger partial charge is 0.496 e. The summed E-state index contributed by atoms with van der Waals surface area (Å²) in [5.74, 6) is 1.65. The molecule has 1 aromatic heterocycles. The lowest BCUT2D eigenvalue weighted by molar-refractivity contribution is -0.119. The Morgan fingerprint density at radius 2 is 1.94 bits per heavy atom. The molecule has 1 fully saturated rings. The number of likely N-dealkylation sites (tertiary alicyclic amines) is 1. The summed E-state index contributed by atoms with van der Waals surface area (Å²) < 4.78 is 12.5. The highest BCUT2D eigenvalue weighted by atomic mass is 32.2. The lowest BCUT2D eigenvalue weighted by atomic mass is 10.1. The van der Waals surface area contributed by atoms with Gasteiger partial charge in [-0.2, -0.15) is 0 Å². The minimum Gasteiger partial charge on any atom is -0.496 e. The standard InChI is InChI=1S/C21H29N5O4S/c1-4-26-19(16-8-6-7-9-17(16)29-3)23-24-20(26)31-14-18(27)22-15-10-12-25(13-11-15)21(28)30-5-2/h6-9,15H,4-5,10-14H2,1-3H3,(H,22,27). The second-order valence-corrected chi connectivity index (χ2v) is 8.01. The van der Waals surface area contributed by atoms with E-state index < -0.39 is 0 Å². The Hall–Kier alpha value is -2.75. The number of amides is 2. The molecular formula is C21H29N5O4S. The van der Waals surface area contributed by atoms with Crippen LogP contribution < -0.4 is 10.1 Å². The molecule has 1 aliphatic heterocycles. The number of nitrogens with one attached hydrogen (secondary N) is 1. The molecule has 0 saturated carbocycles. The summed E-state index contributed by atoms with van der Waals surface area (Å²) in [5.41, 5.74) is 0.865. The fraction of sp³-hybridized carbons (Fsp3) is 0.524. The Labute approximate surface area is 186 Å². The normalized spacial score (nSPS) is 14.4. The Morgan fingerprint density at radius 1 is 1.19 bits per heavy atom. The van der Waals surface area contributed by atoms with Crippen molar-refractivity contribution in [1.82, 2.24) is 25.0 Å². The van der Waals surface area contributed by atoms with Crippen LogP contribution in [0.5, 0.6) is 5.75 Å². The highest BCUT2D eigenvalue weighted by molar-refractivity contribution is 7.99. The van der Waals surface area contributed by atoms with E-state index in [2.05, 4.69) is 15.5 Å². The average molecular weight is 448 g/mol. The lowest BCUT2D eigenvalue weighted by Gasteiger charge is -2.31. The summed E-state index contributed by atoms with van der Waals surface area (Å²) in [4.78, 5) is 25.9. The molecule has 0 radical (unpaired) electrons. The number of hydrogen-bond acceptors (Lipinski definition) is 7. The second kappa shape index (κ2) is 11.0. The number of para-hydroxylation sites is 1. The number of nitrogens with zero attached hydrogens (tertiary/aromatic N) is 4. The maximum absolute atomic E-state index is 12.5. The van der Waals surface area contributed by atoms with Gasteiger partial charge in [0.05, 0.1) is 25.0 Å². The van der Waals surface area contributed by atoms with E-state index in [0.29, 0.717) is 37.2 Å². The predicted molar refractivity (Wildman–Crippen MR) is 118 cm³/mol. The molecule has 0 spiro atoms. The van der Waals surface area contributed by atoms with Gasteiger partial charge in [0.25, 0.3) is 0 Å². The van der Waals surface area contributed by atoms with Gasteiger partial charge in [-0.1, -0.05) is 23.9 Å². The SMILES string of the molecule is CCOC(=O)N1CCC(NC(=O)CSc2nnc(-c3ccccc3OC)n2CC)CC1. The van der Waals surface area contributed by atoms with Gasteiger partial charge in [-0.25, -0.2) is 4.79 Å². The van der Waals surface area contributed by atoms with Gasteiger partial charge >= 0.3 is 6.09 Å². The maximum Gasteiger partial charge on any atom is 0.409 e. The molecule has 0 bridgehead atoms. The molecule has 2 aromatic rings. The van der Waals surface area contributed by atoms with E-state index in [9.17, 15) is 9.59 Å². The maximum atomic E-state index is 12.5. The third kappa shape index (κ3) is 5.69. The molecule has 10 heteroatoms. The topological polar surface area (TPSA) is 98.6 Å². The smallest absolute Gasteiger partial charge is 0.409 e. The second-order valence-electron chi connectivity index (χ2n) is 7.07. The van der Waals surface area contributed by atoms with Crippen LogP contribution in [0.15, 0.2) is 29.4 Å². The molecule has 168 valence electrons. The van der Waals surface area contributed by atoms with Crippen LogP contribution >= 0.6 is 11.8 Å². The monoisotopic (exact) mass is 447 g/mol. The van der Waals surface area contributed by atoms with Gasteiger partial charge in [-0.15, -0.1) is 10.2 Å². The number of piperidine rings is 1. The highest BCUT2D eigenvalue weighted by Crippen LogP contribution is 2.30. The van der Waals surface area contributed by atoms with Gasteiger partial charge in [-0.05, 0) is 38.8 Å². The van der Waals surface area contributed by atoms with Crippen LogP contribution in [0, 0.1) is 0 Å². The minimum absolute atomic E-state index is 0.0518. The molecular weight excluding hydrogens is 418 g/mol. The molecule has 9 nitrogen and oxygen atoms in total. The molecule has 2 amide bonds. The van der Waals surface area contributed by atoms with Crippen molar-refractivity contribution in [2.75, 3.05) is 32.6 Å². The zero-order valence-electron chi connectivity index (χ0n) is 18.2. The van der Waals surface area contributed by atoms with Gasteiger partial charge in [0.15, 0.2) is 11.0 Å². The Bertz CT molecular complexity index is 896. The van der Waals surface area contributed by atoms with Crippen molar-refractivity contribution in [3.05, 3.63) is 24.3 Å². The van der Waals surface area contributed by atoms with Gasteiger partial charge in [-0.3, -0.25) is 4.79 Å². The van der Waals surface area contributed by atoms with Crippen molar-refractivity contribution in [1.29, 1.82) is 0 Å². The number of carbonyl (C=O) groups is 2. The first kappa shape index (κ1) is 22.9. The van der Waals surface area contributed by atoms with Crippen molar-refractivity contribution in [2.24, 2.45) is 0 Å². The molecule has 1 aliphatic rings. The predicted octanol–water partition coefficient (Wildman–Crippen LogP) is 2.80. The number of methoxy groups -OCH3 is 1. The fourth-order valence-electron chi connectivity index (χ4n) is 3.53. The third-order valence-electron chi connectivity index (χ3n) is 5.10. The van der Waals surface area contributed by atoms with E-state index in [4.69, 9.17) is 9.47 Å². The van der Waals surface area contributed by atoms with Gasteiger partial charge in [0.1, 0.15) is 5.75 Å². The fourth-order valence-corrected chi connectivity index (χ4v) is 4.34. The number of thioether (sulfide) groups is 1. The van der Waals surface area contributed by atoms with Gasteiger partial charge in [0, 0.05) is 25.7 Å². The zero-order valence-corrected chi connectivity index (χ0v) is 19.0. The first-order valence-corrected chi connectivity index (χ1v) is 11.5. The van der Waals surface area contributed by atoms with Crippen molar-refractivity contribution in [3.63, 3.8) is 0 Å². The zero-order chi connectivity index (χ0) is 22.2. The Balaban J connectivity index is 1.54. The molecule has 31 heavy (non-hydrogen) atoms. The average Bonchev–Trinajstić information content (AvgIpc) is 3.21. The van der Waals surface area contributed by atoms with Crippen molar-refractivity contribution < 1.29 is 19.1 Å². The number of hydrogen-bond donors (Lipinski definition) is 1. The van der Waals surface area contributed by atoms with Crippen molar-refractivity contribution in [2.45, 2.75) is 44.4 Å². The first-order chi connectivity index (χ1) is 15.1.